The fraction of sp³-hybridized carbons (Fsp3) is 0.478. The van der Waals surface area contributed by atoms with Crippen molar-refractivity contribution in [1.29, 1.82) is 0 Å². The first kappa shape index (κ1) is 21.2. The Kier molecular flexibility index (Phi) is 9.94. The summed E-state index contributed by atoms with van der Waals surface area (Å²) in [4.78, 5) is 2.35. The summed E-state index contributed by atoms with van der Waals surface area (Å²) in [5, 5.41) is 9.03. The lowest BCUT2D eigenvalue weighted by molar-refractivity contribution is 0.284. The molecule has 0 unspecified atom stereocenters. The van der Waals surface area contributed by atoms with Gasteiger partial charge in [-0.05, 0) is 75.8 Å². The first-order valence-corrected chi connectivity index (χ1v) is 9.39. The smallest absolute Gasteiger partial charge is 0.0431 e. The minimum atomic E-state index is 0.259. The Morgan fingerprint density at radius 3 is 2.44 bits per heavy atom. The molecule has 1 fully saturated rings. The summed E-state index contributed by atoms with van der Waals surface area (Å²) in [7, 11) is 0. The Balaban J connectivity index is 2.97. The van der Waals surface area contributed by atoms with Crippen LogP contribution in [0.4, 0.5) is 0 Å². The second kappa shape index (κ2) is 11.7. The summed E-state index contributed by atoms with van der Waals surface area (Å²) in [6.45, 7) is 15.4. The first-order valence-electron chi connectivity index (χ1n) is 9.39. The lowest BCUT2D eigenvalue weighted by Gasteiger charge is -2.21. The lowest BCUT2D eigenvalue weighted by Crippen LogP contribution is -2.21. The van der Waals surface area contributed by atoms with Crippen molar-refractivity contribution in [2.75, 3.05) is 13.2 Å². The lowest BCUT2D eigenvalue weighted by atomic mass is 9.96. The average Bonchev–Trinajstić information content (AvgIpc) is 3.45. The van der Waals surface area contributed by atoms with Crippen molar-refractivity contribution in [2.24, 2.45) is 0 Å². The third-order valence-corrected chi connectivity index (χ3v) is 4.70. The Bertz CT molecular complexity index is 559. The maximum absolute atomic E-state index is 9.03. The van der Waals surface area contributed by atoms with Gasteiger partial charge in [0.1, 0.15) is 0 Å². The highest BCUT2D eigenvalue weighted by Crippen LogP contribution is 2.28. The van der Waals surface area contributed by atoms with E-state index in [-0.39, 0.29) is 6.61 Å². The average molecular weight is 342 g/mol. The van der Waals surface area contributed by atoms with E-state index in [0.29, 0.717) is 6.04 Å². The van der Waals surface area contributed by atoms with Crippen LogP contribution in [0.25, 0.3) is 0 Å². The van der Waals surface area contributed by atoms with Gasteiger partial charge in [-0.2, -0.15) is 0 Å². The fourth-order valence-electron chi connectivity index (χ4n) is 2.81. The predicted molar refractivity (Wildman–Crippen MR) is 110 cm³/mol. The van der Waals surface area contributed by atoms with Crippen LogP contribution in [0, 0.1) is 0 Å². The van der Waals surface area contributed by atoms with E-state index in [9.17, 15) is 0 Å². The normalized spacial score (nSPS) is 16.8. The van der Waals surface area contributed by atoms with Crippen LogP contribution in [-0.2, 0) is 0 Å². The van der Waals surface area contributed by atoms with Crippen molar-refractivity contribution in [3.8, 4) is 0 Å². The molecule has 1 rings (SSSR count). The van der Waals surface area contributed by atoms with Crippen molar-refractivity contribution in [3.05, 3.63) is 72.0 Å². The molecule has 0 amide bonds. The van der Waals surface area contributed by atoms with Crippen molar-refractivity contribution in [1.82, 2.24) is 4.90 Å². The van der Waals surface area contributed by atoms with Gasteiger partial charge in [0.15, 0.2) is 0 Å². The van der Waals surface area contributed by atoms with Gasteiger partial charge >= 0.3 is 0 Å². The second-order valence-corrected chi connectivity index (χ2v) is 6.74. The van der Waals surface area contributed by atoms with Gasteiger partial charge in [-0.25, -0.2) is 0 Å². The van der Waals surface area contributed by atoms with E-state index < -0.39 is 0 Å². The van der Waals surface area contributed by atoms with Crippen LogP contribution in [0.2, 0.25) is 0 Å². The Morgan fingerprint density at radius 2 is 1.92 bits per heavy atom. The van der Waals surface area contributed by atoms with E-state index in [0.717, 1.165) is 25.8 Å². The molecule has 0 bridgehead atoms. The van der Waals surface area contributed by atoms with Gasteiger partial charge in [0.2, 0.25) is 0 Å². The summed E-state index contributed by atoms with van der Waals surface area (Å²) in [5.74, 6) is 0. The summed E-state index contributed by atoms with van der Waals surface area (Å²) in [5.41, 5.74) is 5.23. The topological polar surface area (TPSA) is 23.5 Å². The zero-order valence-corrected chi connectivity index (χ0v) is 16.3. The maximum Gasteiger partial charge on any atom is 0.0431 e. The van der Waals surface area contributed by atoms with E-state index in [4.69, 9.17) is 5.11 Å². The second-order valence-electron chi connectivity index (χ2n) is 6.74. The van der Waals surface area contributed by atoms with Gasteiger partial charge in [-0.3, -0.25) is 0 Å². The van der Waals surface area contributed by atoms with Gasteiger partial charge in [0, 0.05) is 19.2 Å². The molecule has 0 aromatic carbocycles. The van der Waals surface area contributed by atoms with Crippen LogP contribution < -0.4 is 0 Å². The minimum Gasteiger partial charge on any atom is -0.396 e. The van der Waals surface area contributed by atoms with Crippen LogP contribution in [0.3, 0.4) is 0 Å². The maximum atomic E-state index is 9.03. The molecule has 0 atom stereocenters. The van der Waals surface area contributed by atoms with Crippen LogP contribution >= 0.6 is 0 Å². The summed E-state index contributed by atoms with van der Waals surface area (Å²) in [6.07, 6.45) is 17.8. The Morgan fingerprint density at radius 1 is 1.20 bits per heavy atom. The molecule has 0 saturated heterocycles. The number of allylic oxidation sites excluding steroid dienone is 8. The summed E-state index contributed by atoms with van der Waals surface area (Å²) < 4.78 is 0. The summed E-state index contributed by atoms with van der Waals surface area (Å²) >= 11 is 0. The molecule has 0 aromatic heterocycles. The first-order chi connectivity index (χ1) is 12.1. The number of hydrogen-bond donors (Lipinski definition) is 1. The monoisotopic (exact) mass is 341 g/mol. The predicted octanol–water partition coefficient (Wildman–Crippen LogP) is 5.71. The molecule has 0 aliphatic heterocycles. The summed E-state index contributed by atoms with van der Waals surface area (Å²) in [6, 6.07) is 0.689. The van der Waals surface area contributed by atoms with Crippen molar-refractivity contribution in [2.45, 2.75) is 58.9 Å². The standard InChI is InChI=1S/C23H35NO/c1-6-9-12-22(21(7-2)13-10-11-16-25)17-19(4)20(5)18-24(8-3)23-14-15-23/h6-9,12,17,23,25H,1,3,10-11,13-16,18H2,2,4-5H3/b12-9-,20-19+,21-7-,22-17-. The molecule has 25 heavy (non-hydrogen) atoms. The third-order valence-electron chi connectivity index (χ3n) is 4.70. The van der Waals surface area contributed by atoms with Gasteiger partial charge in [0.05, 0.1) is 0 Å². The highest BCUT2D eigenvalue weighted by Gasteiger charge is 2.26. The number of rotatable bonds is 12. The van der Waals surface area contributed by atoms with Crippen LogP contribution in [0.1, 0.15) is 52.9 Å². The molecule has 0 heterocycles. The highest BCUT2D eigenvalue weighted by atomic mass is 16.2. The molecule has 1 saturated carbocycles. The quantitative estimate of drug-likeness (QED) is 0.363. The van der Waals surface area contributed by atoms with E-state index in [1.165, 1.54) is 35.1 Å². The largest absolute Gasteiger partial charge is 0.396 e. The van der Waals surface area contributed by atoms with Crippen LogP contribution in [0.15, 0.2) is 72.0 Å². The molecule has 1 N–H and O–H groups in total. The number of unbranched alkanes of at least 4 members (excludes halogenated alkanes) is 1. The van der Waals surface area contributed by atoms with Crippen LogP contribution in [0.5, 0.6) is 0 Å². The molecule has 0 radical (unpaired) electrons. The van der Waals surface area contributed by atoms with Crippen LogP contribution in [-0.4, -0.2) is 29.2 Å². The number of hydrogen-bond acceptors (Lipinski definition) is 2. The third kappa shape index (κ3) is 7.74. The SMILES string of the molecule is C=C\C=C/C(=C/C(C)=C(\C)CN(C=C)C1CC1)C(=C\C)/CCCCO. The molecule has 0 aromatic rings. The highest BCUT2D eigenvalue weighted by molar-refractivity contribution is 5.45. The molecular weight excluding hydrogens is 306 g/mol. The zero-order valence-electron chi connectivity index (χ0n) is 16.3. The molecule has 0 spiro atoms. The molecular formula is C23H35NO. The zero-order chi connectivity index (χ0) is 18.7. The van der Waals surface area contributed by atoms with Gasteiger partial charge in [-0.15, -0.1) is 0 Å². The number of aliphatic hydroxyl groups is 1. The van der Waals surface area contributed by atoms with Crippen molar-refractivity contribution < 1.29 is 5.11 Å². The Hall–Kier alpha value is -1.80. The molecule has 2 heteroatoms. The number of aliphatic hydroxyl groups excluding tert-OH is 1. The van der Waals surface area contributed by atoms with Gasteiger partial charge in [-0.1, -0.05) is 49.1 Å². The van der Waals surface area contributed by atoms with Gasteiger partial charge in [0.25, 0.3) is 0 Å². The number of nitrogens with zero attached hydrogens (tertiary/aromatic N) is 1. The molecule has 138 valence electrons. The minimum absolute atomic E-state index is 0.259. The van der Waals surface area contributed by atoms with E-state index in [1.54, 1.807) is 0 Å². The van der Waals surface area contributed by atoms with E-state index >= 15 is 0 Å². The fourth-order valence-corrected chi connectivity index (χ4v) is 2.81. The molecule has 1 aliphatic carbocycles. The molecule has 2 nitrogen and oxygen atoms in total. The van der Waals surface area contributed by atoms with E-state index in [1.807, 2.05) is 18.4 Å². The van der Waals surface area contributed by atoms with E-state index in [2.05, 4.69) is 57.1 Å². The van der Waals surface area contributed by atoms with Crippen molar-refractivity contribution >= 4 is 0 Å². The van der Waals surface area contributed by atoms with Crippen molar-refractivity contribution in [3.63, 3.8) is 0 Å². The van der Waals surface area contributed by atoms with Gasteiger partial charge < -0.3 is 10.0 Å². The Labute approximate surface area is 154 Å². The molecule has 1 aliphatic rings.